The van der Waals surface area contributed by atoms with Crippen molar-refractivity contribution in [2.24, 2.45) is 0 Å². The highest BCUT2D eigenvalue weighted by molar-refractivity contribution is 9.10. The van der Waals surface area contributed by atoms with Crippen molar-refractivity contribution in [2.75, 3.05) is 0 Å². The summed E-state index contributed by atoms with van der Waals surface area (Å²) in [5.74, 6) is 0.773. The summed E-state index contributed by atoms with van der Waals surface area (Å²) in [6.07, 6.45) is 1.93. The summed E-state index contributed by atoms with van der Waals surface area (Å²) in [6.45, 7) is 2.19. The molecule has 2 N–H and O–H groups in total. The summed E-state index contributed by atoms with van der Waals surface area (Å²) in [6, 6.07) is 20.4. The molecule has 1 fully saturated rings. The molecule has 6 heteroatoms. The Balaban J connectivity index is 1.53. The van der Waals surface area contributed by atoms with Crippen molar-refractivity contribution in [3.8, 4) is 5.75 Å². The summed E-state index contributed by atoms with van der Waals surface area (Å²) in [4.78, 5) is 0.772. The first-order chi connectivity index (χ1) is 13.4. The normalized spacial score (nSPS) is 20.5. The lowest BCUT2D eigenvalue weighted by molar-refractivity contribution is 0.0976. The first-order valence-corrected chi connectivity index (χ1v) is 10.8. The van der Waals surface area contributed by atoms with Crippen LogP contribution in [0.4, 0.5) is 0 Å². The van der Waals surface area contributed by atoms with Crippen LogP contribution in [0, 0.1) is 0 Å². The third-order valence-electron chi connectivity index (χ3n) is 4.54. The number of nitrogens with one attached hydrogen (secondary N) is 1. The fourth-order valence-electron chi connectivity index (χ4n) is 3.10. The van der Waals surface area contributed by atoms with E-state index in [4.69, 9.17) is 17.0 Å². The molecule has 0 aliphatic carbocycles. The average Bonchev–Trinajstić information content (AvgIpc) is 2.92. The molecular weight excluding hydrogens is 454 g/mol. The van der Waals surface area contributed by atoms with E-state index in [9.17, 15) is 5.11 Å². The molecule has 3 nitrogen and oxygen atoms in total. The Morgan fingerprint density at radius 3 is 2.71 bits per heavy atom. The number of aliphatic hydroxyl groups is 1. The molecule has 0 amide bonds. The lowest BCUT2D eigenvalue weighted by atomic mass is 10.1. The van der Waals surface area contributed by atoms with Crippen molar-refractivity contribution < 1.29 is 9.84 Å². The van der Waals surface area contributed by atoms with Crippen LogP contribution >= 0.6 is 39.9 Å². The van der Waals surface area contributed by atoms with Gasteiger partial charge in [-0.1, -0.05) is 72.5 Å². The standard InChI is InChI=1S/C22H18BrNO2S2/c1-22(25)20(28-21(27)24-22)12-14-9-10-19(18(23)11-14)26-13-16-7-4-6-15-5-2-3-8-17(15)16/h2-12,25H,13H2,1H3,(H,24,27)/b20-12+. The Morgan fingerprint density at radius 2 is 1.96 bits per heavy atom. The summed E-state index contributed by atoms with van der Waals surface area (Å²) < 4.78 is 7.49. The van der Waals surface area contributed by atoms with Gasteiger partial charge in [0.2, 0.25) is 0 Å². The van der Waals surface area contributed by atoms with Crippen LogP contribution in [-0.4, -0.2) is 15.2 Å². The zero-order valence-electron chi connectivity index (χ0n) is 15.1. The maximum absolute atomic E-state index is 10.4. The van der Waals surface area contributed by atoms with Gasteiger partial charge in [-0.05, 0) is 63.0 Å². The predicted molar refractivity (Wildman–Crippen MR) is 124 cm³/mol. The average molecular weight is 472 g/mol. The minimum Gasteiger partial charge on any atom is -0.488 e. The van der Waals surface area contributed by atoms with E-state index >= 15 is 0 Å². The van der Waals surface area contributed by atoms with E-state index in [-0.39, 0.29) is 0 Å². The van der Waals surface area contributed by atoms with Crippen LogP contribution in [0.1, 0.15) is 18.1 Å². The monoisotopic (exact) mass is 471 g/mol. The van der Waals surface area contributed by atoms with Crippen molar-refractivity contribution in [3.05, 3.63) is 81.2 Å². The topological polar surface area (TPSA) is 41.5 Å². The van der Waals surface area contributed by atoms with E-state index in [0.717, 1.165) is 26.3 Å². The summed E-state index contributed by atoms with van der Waals surface area (Å²) in [5.41, 5.74) is 0.977. The SMILES string of the molecule is CC1(O)NC(=S)S/C1=C/c1ccc(OCc2cccc3ccccc23)c(Br)c1. The smallest absolute Gasteiger partial charge is 0.166 e. The molecule has 1 unspecified atom stereocenters. The van der Waals surface area contributed by atoms with Crippen LogP contribution in [0.25, 0.3) is 16.8 Å². The minimum atomic E-state index is -1.13. The Labute approximate surface area is 181 Å². The number of thiocarbonyl (C=S) groups is 1. The van der Waals surface area contributed by atoms with Gasteiger partial charge < -0.3 is 15.2 Å². The van der Waals surface area contributed by atoms with Crippen LogP contribution in [0.15, 0.2) is 70.0 Å². The molecule has 0 bridgehead atoms. The lowest BCUT2D eigenvalue weighted by Gasteiger charge is -2.17. The molecule has 0 radical (unpaired) electrons. The minimum absolute atomic E-state index is 0.489. The number of hydrogen-bond acceptors (Lipinski definition) is 4. The first-order valence-electron chi connectivity index (χ1n) is 8.76. The van der Waals surface area contributed by atoms with Crippen molar-refractivity contribution >= 4 is 61.1 Å². The third kappa shape index (κ3) is 4.10. The van der Waals surface area contributed by atoms with Crippen LogP contribution in [0.5, 0.6) is 5.75 Å². The van der Waals surface area contributed by atoms with Gasteiger partial charge in [0, 0.05) is 4.91 Å². The molecule has 0 aromatic heterocycles. The fourth-order valence-corrected chi connectivity index (χ4v) is 4.98. The van der Waals surface area contributed by atoms with Gasteiger partial charge in [-0.25, -0.2) is 0 Å². The second-order valence-electron chi connectivity index (χ2n) is 6.71. The van der Waals surface area contributed by atoms with Crippen molar-refractivity contribution in [1.29, 1.82) is 0 Å². The molecule has 1 aliphatic rings. The molecular formula is C22H18BrNO2S2. The second kappa shape index (κ2) is 7.87. The van der Waals surface area contributed by atoms with Crippen molar-refractivity contribution in [3.63, 3.8) is 0 Å². The van der Waals surface area contributed by atoms with E-state index < -0.39 is 5.72 Å². The van der Waals surface area contributed by atoms with Gasteiger partial charge in [0.15, 0.2) is 5.72 Å². The van der Waals surface area contributed by atoms with E-state index in [1.54, 1.807) is 6.92 Å². The van der Waals surface area contributed by atoms with Gasteiger partial charge in [-0.15, -0.1) is 0 Å². The highest BCUT2D eigenvalue weighted by Gasteiger charge is 2.34. The number of hydrogen-bond donors (Lipinski definition) is 2. The lowest BCUT2D eigenvalue weighted by Crippen LogP contribution is -2.38. The van der Waals surface area contributed by atoms with Crippen LogP contribution < -0.4 is 10.1 Å². The highest BCUT2D eigenvalue weighted by Crippen LogP contribution is 2.36. The Hall–Kier alpha value is -1.86. The van der Waals surface area contributed by atoms with E-state index in [2.05, 4.69) is 51.6 Å². The molecule has 3 aromatic carbocycles. The molecule has 3 aromatic rings. The zero-order valence-corrected chi connectivity index (χ0v) is 18.3. The Morgan fingerprint density at radius 1 is 1.18 bits per heavy atom. The Kier molecular flexibility index (Phi) is 5.47. The summed E-state index contributed by atoms with van der Waals surface area (Å²) in [7, 11) is 0. The molecule has 142 valence electrons. The van der Waals surface area contributed by atoms with E-state index in [1.807, 2.05) is 36.4 Å². The Bertz CT molecular complexity index is 1090. The molecule has 4 rings (SSSR count). The fraction of sp³-hybridized carbons (Fsp3) is 0.136. The molecule has 1 atom stereocenters. The summed E-state index contributed by atoms with van der Waals surface area (Å²) in [5, 5.41) is 15.7. The molecule has 0 saturated carbocycles. The van der Waals surface area contributed by atoms with Crippen molar-refractivity contribution in [2.45, 2.75) is 19.3 Å². The number of rotatable bonds is 4. The van der Waals surface area contributed by atoms with Gasteiger partial charge in [0.05, 0.1) is 4.47 Å². The highest BCUT2D eigenvalue weighted by atomic mass is 79.9. The number of halogens is 1. The molecule has 28 heavy (non-hydrogen) atoms. The second-order valence-corrected chi connectivity index (χ2v) is 9.29. The largest absolute Gasteiger partial charge is 0.488 e. The van der Waals surface area contributed by atoms with E-state index in [0.29, 0.717) is 10.9 Å². The first kappa shape index (κ1) is 19.5. The number of thioether (sulfide) groups is 1. The third-order valence-corrected chi connectivity index (χ3v) is 6.54. The van der Waals surface area contributed by atoms with Gasteiger partial charge in [0.1, 0.15) is 16.7 Å². The quantitative estimate of drug-likeness (QED) is 0.466. The van der Waals surface area contributed by atoms with Gasteiger partial charge in [-0.3, -0.25) is 0 Å². The van der Waals surface area contributed by atoms with Gasteiger partial charge in [-0.2, -0.15) is 0 Å². The molecule has 1 aliphatic heterocycles. The van der Waals surface area contributed by atoms with Gasteiger partial charge >= 0.3 is 0 Å². The number of ether oxygens (including phenoxy) is 1. The molecule has 1 saturated heterocycles. The van der Waals surface area contributed by atoms with Gasteiger partial charge in [0.25, 0.3) is 0 Å². The summed E-state index contributed by atoms with van der Waals surface area (Å²) >= 11 is 10.1. The van der Waals surface area contributed by atoms with Crippen LogP contribution in [0.3, 0.4) is 0 Å². The molecule has 0 spiro atoms. The van der Waals surface area contributed by atoms with E-state index in [1.165, 1.54) is 22.5 Å². The maximum Gasteiger partial charge on any atom is 0.166 e. The predicted octanol–water partition coefficient (Wildman–Crippen LogP) is 5.85. The zero-order chi connectivity index (χ0) is 19.7. The van der Waals surface area contributed by atoms with Crippen molar-refractivity contribution in [1.82, 2.24) is 5.32 Å². The van der Waals surface area contributed by atoms with Crippen LogP contribution in [0.2, 0.25) is 0 Å². The molecule has 1 heterocycles. The van der Waals surface area contributed by atoms with Crippen LogP contribution in [-0.2, 0) is 6.61 Å². The number of benzene rings is 3. The number of fused-ring (bicyclic) bond motifs is 1. The maximum atomic E-state index is 10.4.